The summed E-state index contributed by atoms with van der Waals surface area (Å²) >= 11 is 1.83. The SMILES string of the molecule is Cc1nc(-c2nc(COc3ccc(CC(=O)O)cc3)c(C(=O)O)s2)sc1C(=O)O. The number of carboxylic acid groups (broad SMARTS) is 3. The molecule has 2 heterocycles. The molecule has 0 aliphatic heterocycles. The summed E-state index contributed by atoms with van der Waals surface area (Å²) in [5, 5.41) is 28.0. The van der Waals surface area contributed by atoms with Crippen LogP contribution in [0.2, 0.25) is 0 Å². The minimum atomic E-state index is -1.17. The quantitative estimate of drug-likeness (QED) is 0.486. The molecule has 150 valence electrons. The molecule has 0 spiro atoms. The average Bonchev–Trinajstić information content (AvgIpc) is 3.24. The second kappa shape index (κ2) is 8.37. The van der Waals surface area contributed by atoms with Crippen molar-refractivity contribution < 1.29 is 34.4 Å². The van der Waals surface area contributed by atoms with E-state index in [1.165, 1.54) is 0 Å². The van der Waals surface area contributed by atoms with Crippen LogP contribution in [0, 0.1) is 6.92 Å². The van der Waals surface area contributed by atoms with Gasteiger partial charge in [-0.3, -0.25) is 4.79 Å². The maximum absolute atomic E-state index is 11.6. The van der Waals surface area contributed by atoms with Crippen LogP contribution in [0.3, 0.4) is 0 Å². The fourth-order valence-electron chi connectivity index (χ4n) is 2.42. The molecular formula is C18H14N2O7S2. The Morgan fingerprint density at radius 2 is 1.52 bits per heavy atom. The van der Waals surface area contributed by atoms with Crippen molar-refractivity contribution in [2.45, 2.75) is 20.0 Å². The number of aromatic nitrogens is 2. The second-order valence-corrected chi connectivity index (χ2v) is 7.84. The van der Waals surface area contributed by atoms with Crippen LogP contribution in [0.5, 0.6) is 5.75 Å². The topological polar surface area (TPSA) is 147 Å². The predicted octanol–water partition coefficient (Wildman–Crippen LogP) is 3.18. The molecule has 0 aliphatic rings. The first-order valence-electron chi connectivity index (χ1n) is 8.12. The fourth-order valence-corrected chi connectivity index (χ4v) is 4.26. The Balaban J connectivity index is 1.80. The molecule has 0 fully saturated rings. The molecular weight excluding hydrogens is 420 g/mol. The average molecular weight is 434 g/mol. The monoisotopic (exact) mass is 434 g/mol. The number of carboxylic acids is 3. The lowest BCUT2D eigenvalue weighted by molar-refractivity contribution is -0.136. The first kappa shape index (κ1) is 20.4. The number of nitrogens with zero attached hydrogens (tertiary/aromatic N) is 2. The third kappa shape index (κ3) is 4.76. The number of ether oxygens (including phenoxy) is 1. The molecule has 11 heteroatoms. The number of aromatic carboxylic acids is 2. The van der Waals surface area contributed by atoms with Crippen molar-refractivity contribution in [3.8, 4) is 15.8 Å². The van der Waals surface area contributed by atoms with Crippen molar-refractivity contribution >= 4 is 40.6 Å². The smallest absolute Gasteiger partial charge is 0.347 e. The summed E-state index contributed by atoms with van der Waals surface area (Å²) in [5.74, 6) is -2.78. The molecule has 0 aliphatic carbocycles. The number of benzene rings is 1. The Hall–Kier alpha value is -3.31. The van der Waals surface area contributed by atoms with E-state index >= 15 is 0 Å². The van der Waals surface area contributed by atoms with E-state index in [-0.39, 0.29) is 28.5 Å². The highest BCUT2D eigenvalue weighted by Gasteiger charge is 2.22. The lowest BCUT2D eigenvalue weighted by Gasteiger charge is -2.06. The normalized spacial score (nSPS) is 10.7. The van der Waals surface area contributed by atoms with Gasteiger partial charge in [0.05, 0.1) is 12.1 Å². The van der Waals surface area contributed by atoms with Gasteiger partial charge in [-0.25, -0.2) is 19.6 Å². The van der Waals surface area contributed by atoms with Crippen LogP contribution >= 0.6 is 22.7 Å². The van der Waals surface area contributed by atoms with E-state index in [0.29, 0.717) is 27.0 Å². The van der Waals surface area contributed by atoms with Crippen molar-refractivity contribution in [3.63, 3.8) is 0 Å². The van der Waals surface area contributed by atoms with Gasteiger partial charge >= 0.3 is 17.9 Å². The first-order valence-corrected chi connectivity index (χ1v) is 9.75. The van der Waals surface area contributed by atoms with Crippen molar-refractivity contribution in [2.24, 2.45) is 0 Å². The minimum absolute atomic E-state index is 0.0211. The molecule has 1 aromatic carbocycles. The van der Waals surface area contributed by atoms with E-state index in [2.05, 4.69) is 9.97 Å². The highest BCUT2D eigenvalue weighted by molar-refractivity contribution is 7.23. The molecule has 0 bridgehead atoms. The van der Waals surface area contributed by atoms with Gasteiger partial charge in [-0.1, -0.05) is 12.1 Å². The Morgan fingerprint density at radius 1 is 0.931 bits per heavy atom. The largest absolute Gasteiger partial charge is 0.487 e. The lowest BCUT2D eigenvalue weighted by Crippen LogP contribution is -2.04. The third-order valence-electron chi connectivity index (χ3n) is 3.72. The van der Waals surface area contributed by atoms with E-state index in [9.17, 15) is 19.5 Å². The van der Waals surface area contributed by atoms with Gasteiger partial charge in [0, 0.05) is 0 Å². The molecule has 0 saturated heterocycles. The number of aryl methyl sites for hydroxylation is 1. The Labute approximate surface area is 171 Å². The van der Waals surface area contributed by atoms with Gasteiger partial charge in [-0.2, -0.15) is 0 Å². The molecule has 0 atom stereocenters. The minimum Gasteiger partial charge on any atom is -0.487 e. The predicted molar refractivity (Wildman–Crippen MR) is 104 cm³/mol. The van der Waals surface area contributed by atoms with Crippen LogP contribution in [-0.4, -0.2) is 43.2 Å². The summed E-state index contributed by atoms with van der Waals surface area (Å²) in [6.07, 6.45) is -0.107. The van der Waals surface area contributed by atoms with Crippen molar-refractivity contribution in [3.05, 3.63) is 51.0 Å². The van der Waals surface area contributed by atoms with Gasteiger partial charge in [0.1, 0.15) is 27.8 Å². The van der Waals surface area contributed by atoms with E-state index in [0.717, 1.165) is 22.7 Å². The van der Waals surface area contributed by atoms with Gasteiger partial charge in [0.15, 0.2) is 10.0 Å². The van der Waals surface area contributed by atoms with Crippen LogP contribution in [0.15, 0.2) is 24.3 Å². The van der Waals surface area contributed by atoms with Gasteiger partial charge in [0.2, 0.25) is 0 Å². The van der Waals surface area contributed by atoms with E-state index in [1.54, 1.807) is 31.2 Å². The summed E-state index contributed by atoms with van der Waals surface area (Å²) in [4.78, 5) is 42.0. The fraction of sp³-hybridized carbons (Fsp3) is 0.167. The number of hydrogen-bond donors (Lipinski definition) is 3. The van der Waals surface area contributed by atoms with Crippen LogP contribution < -0.4 is 4.74 Å². The molecule has 3 N–H and O–H groups in total. The number of hydrogen-bond acceptors (Lipinski definition) is 8. The molecule has 0 amide bonds. The van der Waals surface area contributed by atoms with Gasteiger partial charge in [-0.15, -0.1) is 22.7 Å². The highest BCUT2D eigenvalue weighted by atomic mass is 32.1. The number of thiazole rings is 2. The van der Waals surface area contributed by atoms with E-state index < -0.39 is 17.9 Å². The third-order valence-corrected chi connectivity index (χ3v) is 6.09. The van der Waals surface area contributed by atoms with Crippen LogP contribution in [0.1, 0.15) is 36.3 Å². The second-order valence-electron chi connectivity index (χ2n) is 5.84. The molecule has 0 radical (unpaired) electrons. The van der Waals surface area contributed by atoms with Gasteiger partial charge in [-0.05, 0) is 24.6 Å². The molecule has 0 unspecified atom stereocenters. The van der Waals surface area contributed by atoms with E-state index in [1.807, 2.05) is 0 Å². The van der Waals surface area contributed by atoms with Crippen LogP contribution in [-0.2, 0) is 17.8 Å². The Morgan fingerprint density at radius 3 is 2.07 bits per heavy atom. The van der Waals surface area contributed by atoms with Crippen molar-refractivity contribution in [1.29, 1.82) is 0 Å². The first-order chi connectivity index (χ1) is 13.7. The standard InChI is InChI=1S/C18H14N2O7S2/c1-8-13(17(23)24)28-15(19-8)16-20-11(14(29-16)18(25)26)7-27-10-4-2-9(3-5-10)6-12(21)22/h2-5H,6-7H2,1H3,(H,21,22)(H,23,24)(H,25,26). The van der Waals surface area contributed by atoms with Gasteiger partial charge in [0.25, 0.3) is 0 Å². The number of carbonyl (C=O) groups is 3. The summed E-state index contributed by atoms with van der Waals surface area (Å²) < 4.78 is 5.58. The van der Waals surface area contributed by atoms with E-state index in [4.69, 9.17) is 14.9 Å². The number of rotatable bonds is 8. The summed E-state index contributed by atoms with van der Waals surface area (Å²) in [7, 11) is 0. The maximum atomic E-state index is 11.6. The van der Waals surface area contributed by atoms with Gasteiger partial charge < -0.3 is 20.1 Å². The molecule has 9 nitrogen and oxygen atoms in total. The highest BCUT2D eigenvalue weighted by Crippen LogP contribution is 2.33. The van der Waals surface area contributed by atoms with Crippen molar-refractivity contribution in [2.75, 3.05) is 0 Å². The zero-order valence-corrected chi connectivity index (χ0v) is 16.5. The lowest BCUT2D eigenvalue weighted by atomic mass is 10.1. The molecule has 0 saturated carbocycles. The Kier molecular flexibility index (Phi) is 5.89. The molecule has 29 heavy (non-hydrogen) atoms. The summed E-state index contributed by atoms with van der Waals surface area (Å²) in [5.41, 5.74) is 1.14. The molecule has 2 aromatic heterocycles. The number of aliphatic carboxylic acids is 1. The Bertz CT molecular complexity index is 1090. The summed E-state index contributed by atoms with van der Waals surface area (Å²) in [6.45, 7) is 1.44. The van der Waals surface area contributed by atoms with Crippen LogP contribution in [0.4, 0.5) is 0 Å². The molecule has 3 aromatic rings. The maximum Gasteiger partial charge on any atom is 0.347 e. The zero-order chi connectivity index (χ0) is 21.1. The molecule has 3 rings (SSSR count). The summed E-state index contributed by atoms with van der Waals surface area (Å²) in [6, 6.07) is 6.41. The zero-order valence-electron chi connectivity index (χ0n) is 14.9. The van der Waals surface area contributed by atoms with Crippen LogP contribution in [0.25, 0.3) is 10.0 Å². The van der Waals surface area contributed by atoms with Crippen molar-refractivity contribution in [1.82, 2.24) is 9.97 Å².